The highest BCUT2D eigenvalue weighted by atomic mass is 19.4. The summed E-state index contributed by atoms with van der Waals surface area (Å²) in [6.07, 6.45) is -3.38. The Morgan fingerprint density at radius 3 is 2.74 bits per heavy atom. The van der Waals surface area contributed by atoms with Gasteiger partial charge < -0.3 is 10.1 Å². The van der Waals surface area contributed by atoms with Crippen LogP contribution in [-0.4, -0.2) is 41.6 Å². The largest absolute Gasteiger partial charge is 0.440 e. The van der Waals surface area contributed by atoms with Crippen LogP contribution in [0.4, 0.5) is 23.7 Å². The first-order valence-corrected chi connectivity index (χ1v) is 5.04. The van der Waals surface area contributed by atoms with Gasteiger partial charge in [-0.05, 0) is 0 Å². The van der Waals surface area contributed by atoms with E-state index in [0.717, 1.165) is 0 Å². The molecule has 1 rings (SSSR count). The van der Waals surface area contributed by atoms with E-state index >= 15 is 0 Å². The molecule has 0 radical (unpaired) electrons. The monoisotopic (exact) mass is 280 g/mol. The molecule has 2 amide bonds. The number of hydrogen-bond donors (Lipinski definition) is 2. The molecule has 0 saturated carbocycles. The third-order valence-corrected chi connectivity index (χ3v) is 1.83. The van der Waals surface area contributed by atoms with E-state index in [1.807, 2.05) is 5.32 Å². The number of nitrogens with one attached hydrogen (secondary N) is 2. The second-order valence-electron chi connectivity index (χ2n) is 3.42. The van der Waals surface area contributed by atoms with Crippen molar-refractivity contribution >= 4 is 17.7 Å². The molecule has 0 aromatic carbocycles. The molecule has 0 saturated heterocycles. The number of hydrogen-bond acceptors (Lipinski definition) is 4. The summed E-state index contributed by atoms with van der Waals surface area (Å²) >= 11 is 0. The van der Waals surface area contributed by atoms with Crippen LogP contribution in [0, 0.1) is 0 Å². The number of likely N-dealkylation sites (N-methyl/N-ethyl adjacent to an activating group) is 1. The van der Waals surface area contributed by atoms with Crippen molar-refractivity contribution in [2.24, 2.45) is 0 Å². The molecule has 0 aliphatic heterocycles. The smallest absolute Gasteiger partial charge is 0.422 e. The van der Waals surface area contributed by atoms with Crippen LogP contribution in [-0.2, 0) is 16.1 Å². The molecule has 1 aromatic heterocycles. The number of halogens is 3. The minimum Gasteiger partial charge on any atom is -0.440 e. The van der Waals surface area contributed by atoms with Crippen molar-refractivity contribution in [1.82, 2.24) is 15.1 Å². The van der Waals surface area contributed by atoms with Gasteiger partial charge in [0.15, 0.2) is 6.61 Å². The Bertz CT molecular complexity index is 458. The van der Waals surface area contributed by atoms with E-state index in [-0.39, 0.29) is 18.1 Å². The molecule has 0 aliphatic carbocycles. The van der Waals surface area contributed by atoms with Crippen LogP contribution in [0.3, 0.4) is 0 Å². The zero-order valence-electron chi connectivity index (χ0n) is 9.82. The Labute approximate surface area is 105 Å². The van der Waals surface area contributed by atoms with Crippen LogP contribution in [0.5, 0.6) is 0 Å². The van der Waals surface area contributed by atoms with Crippen molar-refractivity contribution < 1.29 is 27.5 Å². The average molecular weight is 280 g/mol. The number of rotatable bonds is 4. The van der Waals surface area contributed by atoms with Crippen LogP contribution in [0.1, 0.15) is 0 Å². The van der Waals surface area contributed by atoms with Gasteiger partial charge in [-0.1, -0.05) is 0 Å². The summed E-state index contributed by atoms with van der Waals surface area (Å²) in [6.45, 7) is -1.75. The highest BCUT2D eigenvalue weighted by Crippen LogP contribution is 2.15. The van der Waals surface area contributed by atoms with E-state index in [9.17, 15) is 22.8 Å². The first kappa shape index (κ1) is 14.8. The Morgan fingerprint density at radius 1 is 1.47 bits per heavy atom. The summed E-state index contributed by atoms with van der Waals surface area (Å²) in [7, 11) is 1.44. The van der Waals surface area contributed by atoms with E-state index in [1.54, 1.807) is 0 Å². The van der Waals surface area contributed by atoms with Crippen LogP contribution < -0.4 is 10.6 Å². The molecule has 2 N–H and O–H groups in total. The maximum Gasteiger partial charge on any atom is 0.422 e. The van der Waals surface area contributed by atoms with Gasteiger partial charge >= 0.3 is 12.3 Å². The third kappa shape index (κ3) is 5.75. The molecule has 0 spiro atoms. The first-order chi connectivity index (χ1) is 8.80. The number of alkyl halides is 3. The fourth-order valence-electron chi connectivity index (χ4n) is 1.04. The van der Waals surface area contributed by atoms with Gasteiger partial charge in [0.05, 0.1) is 11.9 Å². The molecule has 0 aliphatic rings. The number of carbonyl (C=O) groups is 2. The fourth-order valence-corrected chi connectivity index (χ4v) is 1.04. The summed E-state index contributed by atoms with van der Waals surface area (Å²) in [5.74, 6) is -0.311. The van der Waals surface area contributed by atoms with Crippen molar-refractivity contribution in [3.8, 4) is 0 Å². The van der Waals surface area contributed by atoms with Crippen LogP contribution >= 0.6 is 0 Å². The van der Waals surface area contributed by atoms with Gasteiger partial charge in [-0.25, -0.2) is 4.79 Å². The summed E-state index contributed by atoms with van der Waals surface area (Å²) in [6, 6.07) is 0. The van der Waals surface area contributed by atoms with Gasteiger partial charge in [0, 0.05) is 13.2 Å². The lowest BCUT2D eigenvalue weighted by molar-refractivity contribution is -0.159. The van der Waals surface area contributed by atoms with Crippen molar-refractivity contribution in [2.45, 2.75) is 12.7 Å². The number of amides is 2. The van der Waals surface area contributed by atoms with Crippen LogP contribution in [0.2, 0.25) is 0 Å². The summed E-state index contributed by atoms with van der Waals surface area (Å²) in [4.78, 5) is 22.0. The third-order valence-electron chi connectivity index (χ3n) is 1.83. The Kier molecular flexibility index (Phi) is 4.73. The molecule has 0 atom stereocenters. The van der Waals surface area contributed by atoms with E-state index in [0.29, 0.717) is 0 Å². The SMILES string of the molecule is CNC(=O)Cn1cc(NC(=O)OCC(F)(F)F)cn1. The summed E-state index contributed by atoms with van der Waals surface area (Å²) < 4.78 is 40.5. The lowest BCUT2D eigenvalue weighted by Crippen LogP contribution is -2.24. The molecular formula is C9H11F3N4O3. The maximum absolute atomic E-state index is 11.8. The van der Waals surface area contributed by atoms with Gasteiger partial charge in [0.2, 0.25) is 5.91 Å². The minimum atomic E-state index is -4.58. The minimum absolute atomic E-state index is 0.0736. The number of carbonyl (C=O) groups excluding carboxylic acids is 2. The summed E-state index contributed by atoms with van der Waals surface area (Å²) in [5, 5.41) is 8.14. The Hall–Kier alpha value is -2.26. The molecule has 106 valence electrons. The van der Waals surface area contributed by atoms with Crippen molar-refractivity contribution in [3.63, 3.8) is 0 Å². The second-order valence-corrected chi connectivity index (χ2v) is 3.42. The van der Waals surface area contributed by atoms with Crippen molar-refractivity contribution in [3.05, 3.63) is 12.4 Å². The topological polar surface area (TPSA) is 85.2 Å². The zero-order valence-corrected chi connectivity index (χ0v) is 9.82. The van der Waals surface area contributed by atoms with Gasteiger partial charge in [-0.3, -0.25) is 14.8 Å². The van der Waals surface area contributed by atoms with Gasteiger partial charge in [-0.15, -0.1) is 0 Å². The highest BCUT2D eigenvalue weighted by Gasteiger charge is 2.29. The highest BCUT2D eigenvalue weighted by molar-refractivity contribution is 5.84. The molecular weight excluding hydrogens is 269 g/mol. The van der Waals surface area contributed by atoms with Gasteiger partial charge in [0.25, 0.3) is 0 Å². The van der Waals surface area contributed by atoms with Crippen molar-refractivity contribution in [1.29, 1.82) is 0 Å². The Morgan fingerprint density at radius 2 is 2.16 bits per heavy atom. The number of ether oxygens (including phenoxy) is 1. The fraction of sp³-hybridized carbons (Fsp3) is 0.444. The molecule has 10 heteroatoms. The lowest BCUT2D eigenvalue weighted by atomic mass is 10.5. The number of aromatic nitrogens is 2. The number of anilines is 1. The molecule has 0 unspecified atom stereocenters. The lowest BCUT2D eigenvalue weighted by Gasteiger charge is -2.07. The average Bonchev–Trinajstić information content (AvgIpc) is 2.73. The number of nitrogens with zero attached hydrogens (tertiary/aromatic N) is 2. The van der Waals surface area contributed by atoms with Gasteiger partial charge in [0.1, 0.15) is 6.54 Å². The predicted molar refractivity (Wildman–Crippen MR) is 57.3 cm³/mol. The van der Waals surface area contributed by atoms with E-state index in [1.165, 1.54) is 24.1 Å². The second kappa shape index (κ2) is 6.07. The van der Waals surface area contributed by atoms with Gasteiger partial charge in [-0.2, -0.15) is 18.3 Å². The van der Waals surface area contributed by atoms with E-state index < -0.39 is 18.9 Å². The van der Waals surface area contributed by atoms with Crippen LogP contribution in [0.25, 0.3) is 0 Å². The molecule has 0 fully saturated rings. The molecule has 7 nitrogen and oxygen atoms in total. The predicted octanol–water partition coefficient (Wildman–Crippen LogP) is 0.740. The standard InChI is InChI=1S/C9H11F3N4O3/c1-13-7(17)4-16-3-6(2-14-16)15-8(18)19-5-9(10,11)12/h2-3H,4-5H2,1H3,(H,13,17)(H,15,18). The first-order valence-electron chi connectivity index (χ1n) is 5.04. The normalized spacial score (nSPS) is 10.9. The molecule has 0 bridgehead atoms. The molecule has 1 heterocycles. The van der Waals surface area contributed by atoms with Crippen LogP contribution in [0.15, 0.2) is 12.4 Å². The quantitative estimate of drug-likeness (QED) is 0.851. The maximum atomic E-state index is 11.8. The van der Waals surface area contributed by atoms with E-state index in [4.69, 9.17) is 0 Å². The van der Waals surface area contributed by atoms with E-state index in [2.05, 4.69) is 15.2 Å². The molecule has 1 aromatic rings. The molecule has 19 heavy (non-hydrogen) atoms. The zero-order chi connectivity index (χ0) is 14.5. The Balaban J connectivity index is 2.45. The van der Waals surface area contributed by atoms with Crippen molar-refractivity contribution in [2.75, 3.05) is 19.0 Å². The summed E-state index contributed by atoms with van der Waals surface area (Å²) in [5.41, 5.74) is 0.121.